The fraction of sp³-hybridized carbons (Fsp3) is 0.800. The maximum Gasteiger partial charge on any atom is 0.161 e. The van der Waals surface area contributed by atoms with Crippen LogP contribution in [0.2, 0.25) is 0 Å². The molecule has 0 spiro atoms. The van der Waals surface area contributed by atoms with Gasteiger partial charge >= 0.3 is 0 Å². The Hall–Kier alpha value is -1.11. The van der Waals surface area contributed by atoms with Gasteiger partial charge in [0, 0.05) is 12.6 Å². The molecule has 0 radical (unpaired) electrons. The molecule has 0 aliphatic heterocycles. The van der Waals surface area contributed by atoms with Gasteiger partial charge in [0.05, 0.1) is 19.3 Å². The Bertz CT molecular complexity index is 449. The van der Waals surface area contributed by atoms with E-state index in [2.05, 4.69) is 29.3 Å². The van der Waals surface area contributed by atoms with Gasteiger partial charge in [-0.15, -0.1) is 0 Å². The highest BCUT2D eigenvalue weighted by Gasteiger charge is 2.47. The molecule has 21 heavy (non-hydrogen) atoms. The SMILES string of the molecule is CCN(CC)C1(C(NN)c2c(OC)cnn2C)CCCC1. The van der Waals surface area contributed by atoms with E-state index in [1.807, 2.05) is 11.7 Å². The largest absolute Gasteiger partial charge is 0.493 e. The van der Waals surface area contributed by atoms with Crippen molar-refractivity contribution in [3.63, 3.8) is 0 Å². The highest BCUT2D eigenvalue weighted by atomic mass is 16.5. The van der Waals surface area contributed by atoms with Crippen LogP contribution < -0.4 is 16.0 Å². The summed E-state index contributed by atoms with van der Waals surface area (Å²) in [6.45, 7) is 6.49. The molecule has 1 aliphatic carbocycles. The van der Waals surface area contributed by atoms with E-state index in [0.29, 0.717) is 0 Å². The van der Waals surface area contributed by atoms with Gasteiger partial charge in [-0.1, -0.05) is 26.7 Å². The quantitative estimate of drug-likeness (QED) is 0.590. The smallest absolute Gasteiger partial charge is 0.161 e. The Morgan fingerprint density at radius 1 is 1.43 bits per heavy atom. The van der Waals surface area contributed by atoms with Crippen LogP contribution >= 0.6 is 0 Å². The predicted octanol–water partition coefficient (Wildman–Crippen LogP) is 1.59. The Balaban J connectivity index is 2.48. The van der Waals surface area contributed by atoms with Crippen molar-refractivity contribution in [1.82, 2.24) is 20.1 Å². The summed E-state index contributed by atoms with van der Waals surface area (Å²) in [5.41, 5.74) is 4.15. The van der Waals surface area contributed by atoms with Crippen LogP contribution in [-0.2, 0) is 7.05 Å². The van der Waals surface area contributed by atoms with E-state index in [0.717, 1.165) is 37.4 Å². The van der Waals surface area contributed by atoms with Crippen molar-refractivity contribution < 1.29 is 4.74 Å². The minimum atomic E-state index is 0.0161. The molecule has 1 fully saturated rings. The Morgan fingerprint density at radius 2 is 2.05 bits per heavy atom. The average Bonchev–Trinajstić information content (AvgIpc) is 3.11. The lowest BCUT2D eigenvalue weighted by Crippen LogP contribution is -2.56. The van der Waals surface area contributed by atoms with E-state index >= 15 is 0 Å². The highest BCUT2D eigenvalue weighted by Crippen LogP contribution is 2.45. The van der Waals surface area contributed by atoms with Gasteiger partial charge in [0.15, 0.2) is 5.75 Å². The molecule has 1 aliphatic rings. The van der Waals surface area contributed by atoms with Crippen LogP contribution in [0.15, 0.2) is 6.20 Å². The number of ether oxygens (including phenoxy) is 1. The van der Waals surface area contributed by atoms with Gasteiger partial charge in [0.2, 0.25) is 0 Å². The second-order valence-electron chi connectivity index (χ2n) is 5.80. The molecule has 0 saturated heterocycles. The van der Waals surface area contributed by atoms with Crippen molar-refractivity contribution in [2.45, 2.75) is 51.1 Å². The van der Waals surface area contributed by atoms with Crippen LogP contribution in [0.25, 0.3) is 0 Å². The summed E-state index contributed by atoms with van der Waals surface area (Å²) >= 11 is 0. The van der Waals surface area contributed by atoms with E-state index in [1.54, 1.807) is 13.3 Å². The summed E-state index contributed by atoms with van der Waals surface area (Å²) < 4.78 is 7.39. The first kappa shape index (κ1) is 16.3. The zero-order valence-electron chi connectivity index (χ0n) is 13.7. The molecule has 0 bridgehead atoms. The maximum absolute atomic E-state index is 6.00. The van der Waals surface area contributed by atoms with E-state index < -0.39 is 0 Å². The maximum atomic E-state index is 6.00. The second kappa shape index (κ2) is 6.77. The minimum Gasteiger partial charge on any atom is -0.493 e. The highest BCUT2D eigenvalue weighted by molar-refractivity contribution is 5.31. The fourth-order valence-electron chi connectivity index (χ4n) is 4.03. The topological polar surface area (TPSA) is 68.3 Å². The van der Waals surface area contributed by atoms with Crippen molar-refractivity contribution in [2.24, 2.45) is 12.9 Å². The van der Waals surface area contributed by atoms with Crippen LogP contribution in [0.4, 0.5) is 0 Å². The number of nitrogens with zero attached hydrogens (tertiary/aromatic N) is 3. The monoisotopic (exact) mass is 295 g/mol. The van der Waals surface area contributed by atoms with Crippen LogP contribution in [0.1, 0.15) is 51.3 Å². The number of hydrogen-bond donors (Lipinski definition) is 2. The molecular formula is C15H29N5O. The Kier molecular flexibility index (Phi) is 5.24. The molecule has 1 aromatic rings. The molecule has 6 nitrogen and oxygen atoms in total. The Labute approximate surface area is 127 Å². The van der Waals surface area contributed by atoms with E-state index in [1.165, 1.54) is 12.8 Å². The van der Waals surface area contributed by atoms with E-state index in [4.69, 9.17) is 10.6 Å². The summed E-state index contributed by atoms with van der Waals surface area (Å²) in [7, 11) is 3.64. The molecular weight excluding hydrogens is 266 g/mol. The van der Waals surface area contributed by atoms with Crippen molar-refractivity contribution in [1.29, 1.82) is 0 Å². The zero-order valence-corrected chi connectivity index (χ0v) is 13.7. The summed E-state index contributed by atoms with van der Waals surface area (Å²) in [5.74, 6) is 6.80. The van der Waals surface area contributed by atoms with Gasteiger partial charge in [-0.25, -0.2) is 5.43 Å². The van der Waals surface area contributed by atoms with Crippen molar-refractivity contribution in [3.8, 4) is 5.75 Å². The first-order valence-corrected chi connectivity index (χ1v) is 7.91. The summed E-state index contributed by atoms with van der Waals surface area (Å²) in [5, 5.41) is 4.35. The molecule has 1 saturated carbocycles. The van der Waals surface area contributed by atoms with Gasteiger partial charge in [0.1, 0.15) is 5.69 Å². The number of rotatable bonds is 7. The molecule has 6 heteroatoms. The number of aromatic nitrogens is 2. The number of hydrogen-bond acceptors (Lipinski definition) is 5. The number of hydrazine groups is 1. The van der Waals surface area contributed by atoms with Gasteiger partial charge in [0.25, 0.3) is 0 Å². The third kappa shape index (κ3) is 2.67. The Morgan fingerprint density at radius 3 is 2.52 bits per heavy atom. The fourth-order valence-corrected chi connectivity index (χ4v) is 4.03. The first-order valence-electron chi connectivity index (χ1n) is 7.91. The molecule has 2 rings (SSSR count). The number of methoxy groups -OCH3 is 1. The minimum absolute atomic E-state index is 0.0161. The van der Waals surface area contributed by atoms with Crippen LogP contribution in [-0.4, -0.2) is 40.4 Å². The standard InChI is InChI=1S/C15H29N5O/c1-5-20(6-2)15(9-7-8-10-15)14(18-16)13-12(21-4)11-17-19(13)3/h11,14,18H,5-10,16H2,1-4H3. The summed E-state index contributed by atoms with van der Waals surface area (Å²) in [4.78, 5) is 2.54. The third-order valence-electron chi connectivity index (χ3n) is 5.01. The number of likely N-dealkylation sites (N-methyl/N-ethyl adjacent to an activating group) is 1. The number of aryl methyl sites for hydroxylation is 1. The number of nitrogens with two attached hydrogens (primary N) is 1. The first-order chi connectivity index (χ1) is 10.1. The van der Waals surface area contributed by atoms with E-state index in [9.17, 15) is 0 Å². The molecule has 1 atom stereocenters. The van der Waals surface area contributed by atoms with Gasteiger partial charge in [-0.2, -0.15) is 5.10 Å². The van der Waals surface area contributed by atoms with Crippen LogP contribution in [0, 0.1) is 0 Å². The molecule has 1 unspecified atom stereocenters. The van der Waals surface area contributed by atoms with Gasteiger partial charge in [-0.3, -0.25) is 15.4 Å². The lowest BCUT2D eigenvalue weighted by atomic mass is 9.84. The molecule has 0 amide bonds. The van der Waals surface area contributed by atoms with Crippen LogP contribution in [0.5, 0.6) is 5.75 Å². The normalized spacial score (nSPS) is 19.1. The summed E-state index contributed by atoms with van der Waals surface area (Å²) in [6, 6.07) is 0.0161. The molecule has 3 N–H and O–H groups in total. The van der Waals surface area contributed by atoms with Crippen molar-refractivity contribution in [2.75, 3.05) is 20.2 Å². The van der Waals surface area contributed by atoms with Gasteiger partial charge < -0.3 is 4.74 Å². The second-order valence-corrected chi connectivity index (χ2v) is 5.80. The average molecular weight is 295 g/mol. The lowest BCUT2D eigenvalue weighted by molar-refractivity contribution is 0.0586. The molecule has 0 aromatic carbocycles. The number of nitrogens with one attached hydrogen (secondary N) is 1. The van der Waals surface area contributed by atoms with Crippen molar-refractivity contribution >= 4 is 0 Å². The van der Waals surface area contributed by atoms with Crippen LogP contribution in [0.3, 0.4) is 0 Å². The third-order valence-corrected chi connectivity index (χ3v) is 5.01. The molecule has 1 aromatic heterocycles. The van der Waals surface area contributed by atoms with Crippen molar-refractivity contribution in [3.05, 3.63) is 11.9 Å². The molecule has 1 heterocycles. The predicted molar refractivity (Wildman–Crippen MR) is 83.9 cm³/mol. The van der Waals surface area contributed by atoms with Gasteiger partial charge in [-0.05, 0) is 25.9 Å². The molecule has 120 valence electrons. The zero-order chi connectivity index (χ0) is 15.5. The summed E-state index contributed by atoms with van der Waals surface area (Å²) in [6.07, 6.45) is 6.56. The van der Waals surface area contributed by atoms with E-state index in [-0.39, 0.29) is 11.6 Å². The lowest BCUT2D eigenvalue weighted by Gasteiger charge is -2.46.